The number of benzene rings is 1. The summed E-state index contributed by atoms with van der Waals surface area (Å²) in [6.07, 6.45) is 3.79. The molecule has 1 N–H and O–H groups in total. The van der Waals surface area contributed by atoms with E-state index in [1.54, 1.807) is 9.20 Å². The third kappa shape index (κ3) is 4.20. The lowest BCUT2D eigenvalue weighted by atomic mass is 10.1. The van der Waals surface area contributed by atoms with E-state index in [0.717, 1.165) is 22.4 Å². The van der Waals surface area contributed by atoms with E-state index in [9.17, 15) is 9.59 Å². The van der Waals surface area contributed by atoms with E-state index in [-0.39, 0.29) is 25.1 Å². The van der Waals surface area contributed by atoms with Crippen LogP contribution in [-0.2, 0) is 27.9 Å². The maximum absolute atomic E-state index is 13.0. The Labute approximate surface area is 189 Å². The molecule has 0 radical (unpaired) electrons. The molecule has 0 aliphatic carbocycles. The summed E-state index contributed by atoms with van der Waals surface area (Å²) < 4.78 is 8.73. The minimum atomic E-state index is -0.772. The molecule has 4 aromatic rings. The Kier molecular flexibility index (Phi) is 5.35. The minimum Gasteiger partial charge on any atom is -0.369 e. The van der Waals surface area contributed by atoms with Crippen molar-refractivity contribution in [3.8, 4) is 11.1 Å². The van der Waals surface area contributed by atoms with E-state index in [4.69, 9.17) is 4.74 Å². The summed E-state index contributed by atoms with van der Waals surface area (Å²) in [4.78, 5) is 31.5. The SMILES string of the molecule is Cc1nn(C)cc1-c1ccc2nc(NC(=O)[C@@H]3COCC(=O)N3Cc3ccccc3)nn2c1. The number of carbonyl (C=O) groups is 2. The van der Waals surface area contributed by atoms with Crippen molar-refractivity contribution in [3.63, 3.8) is 0 Å². The average molecular weight is 445 g/mol. The van der Waals surface area contributed by atoms with Crippen LogP contribution in [0.3, 0.4) is 0 Å². The van der Waals surface area contributed by atoms with Crippen molar-refractivity contribution in [1.29, 1.82) is 0 Å². The van der Waals surface area contributed by atoms with Crippen molar-refractivity contribution < 1.29 is 14.3 Å². The predicted molar refractivity (Wildman–Crippen MR) is 120 cm³/mol. The number of nitrogens with zero attached hydrogens (tertiary/aromatic N) is 6. The molecule has 168 valence electrons. The van der Waals surface area contributed by atoms with E-state index < -0.39 is 11.9 Å². The number of carbonyl (C=O) groups excluding carboxylic acids is 2. The fourth-order valence-corrected chi connectivity index (χ4v) is 3.97. The summed E-state index contributed by atoms with van der Waals surface area (Å²) in [6.45, 7) is 2.34. The van der Waals surface area contributed by atoms with Crippen molar-refractivity contribution in [1.82, 2.24) is 29.3 Å². The van der Waals surface area contributed by atoms with Gasteiger partial charge in [-0.3, -0.25) is 19.6 Å². The fraction of sp³-hybridized carbons (Fsp3) is 0.261. The predicted octanol–water partition coefficient (Wildman–Crippen LogP) is 1.80. The van der Waals surface area contributed by atoms with Crippen molar-refractivity contribution in [2.24, 2.45) is 7.05 Å². The van der Waals surface area contributed by atoms with Gasteiger partial charge in [0.15, 0.2) is 5.65 Å². The Hall–Kier alpha value is -4.05. The number of aromatic nitrogens is 5. The number of hydrogen-bond donors (Lipinski definition) is 1. The number of aryl methyl sites for hydroxylation is 2. The van der Waals surface area contributed by atoms with Gasteiger partial charge < -0.3 is 9.64 Å². The number of ether oxygens (including phenoxy) is 1. The number of nitrogens with one attached hydrogen (secondary N) is 1. The van der Waals surface area contributed by atoms with Gasteiger partial charge in [-0.2, -0.15) is 10.1 Å². The van der Waals surface area contributed by atoms with Crippen LogP contribution in [0.1, 0.15) is 11.3 Å². The molecule has 1 fully saturated rings. The Morgan fingerprint density at radius 1 is 1.15 bits per heavy atom. The molecule has 1 aliphatic heterocycles. The van der Waals surface area contributed by atoms with Crippen LogP contribution in [0.4, 0.5) is 5.95 Å². The Bertz CT molecular complexity index is 1330. The highest BCUT2D eigenvalue weighted by Crippen LogP contribution is 2.23. The third-order valence-electron chi connectivity index (χ3n) is 5.59. The Morgan fingerprint density at radius 3 is 2.73 bits per heavy atom. The number of amides is 2. The van der Waals surface area contributed by atoms with E-state index in [2.05, 4.69) is 20.5 Å². The third-order valence-corrected chi connectivity index (χ3v) is 5.59. The molecule has 2 amide bonds. The minimum absolute atomic E-state index is 0.0419. The van der Waals surface area contributed by atoms with Gasteiger partial charge in [-0.15, -0.1) is 5.10 Å². The average Bonchev–Trinajstić information content (AvgIpc) is 3.36. The van der Waals surface area contributed by atoms with Crippen molar-refractivity contribution >= 4 is 23.4 Å². The first-order chi connectivity index (χ1) is 16.0. The number of morpholine rings is 1. The van der Waals surface area contributed by atoms with Crippen LogP contribution in [-0.4, -0.2) is 60.3 Å². The van der Waals surface area contributed by atoms with Crippen LogP contribution in [0.15, 0.2) is 54.9 Å². The molecule has 5 rings (SSSR count). The van der Waals surface area contributed by atoms with Gasteiger partial charge in [0.1, 0.15) is 12.6 Å². The lowest BCUT2D eigenvalue weighted by molar-refractivity contribution is -0.154. The second-order valence-electron chi connectivity index (χ2n) is 7.99. The molecule has 1 aromatic carbocycles. The molecule has 0 spiro atoms. The molecular weight excluding hydrogens is 422 g/mol. The van der Waals surface area contributed by atoms with Gasteiger partial charge in [0, 0.05) is 37.1 Å². The van der Waals surface area contributed by atoms with E-state index in [0.29, 0.717) is 12.2 Å². The highest BCUT2D eigenvalue weighted by Gasteiger charge is 2.34. The first-order valence-corrected chi connectivity index (χ1v) is 10.6. The second kappa shape index (κ2) is 8.47. The standard InChI is InChI=1S/C23H23N7O3/c1-15-18(12-28(2)26-15)17-8-9-20-24-23(27-30(20)11-17)25-22(32)19-13-33-14-21(31)29(19)10-16-6-4-3-5-7-16/h3-9,11-12,19H,10,13-14H2,1-2H3,(H,25,27,32)/t19-/m0/s1. The quantitative estimate of drug-likeness (QED) is 0.502. The van der Waals surface area contributed by atoms with Gasteiger partial charge in [-0.05, 0) is 24.6 Å². The fourth-order valence-electron chi connectivity index (χ4n) is 3.97. The molecule has 4 heterocycles. The summed E-state index contributed by atoms with van der Waals surface area (Å²) in [5.74, 6) is -0.458. The zero-order valence-electron chi connectivity index (χ0n) is 18.3. The monoisotopic (exact) mass is 445 g/mol. The number of fused-ring (bicyclic) bond motifs is 1. The van der Waals surface area contributed by atoms with Gasteiger partial charge in [-0.1, -0.05) is 30.3 Å². The summed E-state index contributed by atoms with van der Waals surface area (Å²) in [6, 6.07) is 12.5. The zero-order valence-corrected chi connectivity index (χ0v) is 18.3. The molecule has 0 saturated carbocycles. The highest BCUT2D eigenvalue weighted by molar-refractivity contribution is 5.97. The molecule has 0 bridgehead atoms. The topological polar surface area (TPSA) is 107 Å². The van der Waals surface area contributed by atoms with E-state index in [1.807, 2.05) is 68.8 Å². The molecule has 33 heavy (non-hydrogen) atoms. The highest BCUT2D eigenvalue weighted by atomic mass is 16.5. The smallest absolute Gasteiger partial charge is 0.251 e. The van der Waals surface area contributed by atoms with Crippen molar-refractivity contribution in [3.05, 3.63) is 66.1 Å². The molecule has 3 aromatic heterocycles. The Morgan fingerprint density at radius 2 is 1.97 bits per heavy atom. The molecule has 1 atom stereocenters. The maximum Gasteiger partial charge on any atom is 0.251 e. The molecule has 10 heteroatoms. The normalized spacial score (nSPS) is 16.4. The maximum atomic E-state index is 13.0. The summed E-state index contributed by atoms with van der Waals surface area (Å²) in [7, 11) is 1.87. The zero-order chi connectivity index (χ0) is 22.9. The summed E-state index contributed by atoms with van der Waals surface area (Å²) >= 11 is 0. The molecule has 1 saturated heterocycles. The summed E-state index contributed by atoms with van der Waals surface area (Å²) in [5.41, 5.74) is 4.37. The molecule has 10 nitrogen and oxygen atoms in total. The largest absolute Gasteiger partial charge is 0.369 e. The first-order valence-electron chi connectivity index (χ1n) is 10.6. The first kappa shape index (κ1) is 20.8. The van der Waals surface area contributed by atoms with Gasteiger partial charge in [0.05, 0.1) is 12.3 Å². The molecular formula is C23H23N7O3. The van der Waals surface area contributed by atoms with Gasteiger partial charge in [0.2, 0.25) is 11.9 Å². The van der Waals surface area contributed by atoms with E-state index >= 15 is 0 Å². The van der Waals surface area contributed by atoms with E-state index in [1.165, 1.54) is 4.90 Å². The van der Waals surface area contributed by atoms with Gasteiger partial charge in [0.25, 0.3) is 5.91 Å². The van der Waals surface area contributed by atoms with Crippen LogP contribution >= 0.6 is 0 Å². The van der Waals surface area contributed by atoms with Crippen molar-refractivity contribution in [2.45, 2.75) is 19.5 Å². The number of pyridine rings is 1. The lowest BCUT2D eigenvalue weighted by Gasteiger charge is -2.34. The molecule has 0 unspecified atom stereocenters. The lowest BCUT2D eigenvalue weighted by Crippen LogP contribution is -2.54. The van der Waals surface area contributed by atoms with Crippen molar-refractivity contribution in [2.75, 3.05) is 18.5 Å². The number of hydrogen-bond acceptors (Lipinski definition) is 6. The Balaban J connectivity index is 1.36. The number of anilines is 1. The van der Waals surface area contributed by atoms with Crippen LogP contribution in [0, 0.1) is 6.92 Å². The second-order valence-corrected chi connectivity index (χ2v) is 7.99. The van der Waals surface area contributed by atoms with Gasteiger partial charge in [-0.25, -0.2) is 4.52 Å². The number of rotatable bonds is 5. The van der Waals surface area contributed by atoms with Crippen LogP contribution in [0.25, 0.3) is 16.8 Å². The molecule has 1 aliphatic rings. The van der Waals surface area contributed by atoms with Crippen LogP contribution in [0.5, 0.6) is 0 Å². The van der Waals surface area contributed by atoms with Crippen LogP contribution < -0.4 is 5.32 Å². The van der Waals surface area contributed by atoms with Crippen LogP contribution in [0.2, 0.25) is 0 Å². The summed E-state index contributed by atoms with van der Waals surface area (Å²) in [5, 5.41) is 11.5. The van der Waals surface area contributed by atoms with Gasteiger partial charge >= 0.3 is 0 Å².